The lowest BCUT2D eigenvalue weighted by molar-refractivity contribution is -0.154. The van der Waals surface area contributed by atoms with Crippen LogP contribution in [0.1, 0.15) is 39.3 Å². The Labute approximate surface area is 341 Å². The van der Waals surface area contributed by atoms with Crippen molar-refractivity contribution >= 4 is 35.5 Å². The highest BCUT2D eigenvalue weighted by molar-refractivity contribution is 6.62. The van der Waals surface area contributed by atoms with Gasteiger partial charge in [-0.1, -0.05) is 17.7 Å². The summed E-state index contributed by atoms with van der Waals surface area (Å²) in [7, 11) is -0.598. The van der Waals surface area contributed by atoms with E-state index in [2.05, 4.69) is 50.0 Å². The third kappa shape index (κ3) is 12.5. The molecular weight excluding hydrogens is 875 g/mol. The molecule has 0 spiro atoms. The van der Waals surface area contributed by atoms with Crippen molar-refractivity contribution in [3.05, 3.63) is 85.2 Å². The van der Waals surface area contributed by atoms with Crippen LogP contribution in [0, 0.1) is 7.43 Å². The van der Waals surface area contributed by atoms with Gasteiger partial charge in [-0.25, -0.2) is 9.97 Å². The van der Waals surface area contributed by atoms with Crippen LogP contribution < -0.4 is 14.9 Å². The summed E-state index contributed by atoms with van der Waals surface area (Å²) in [5, 5.41) is 19.9. The number of hydrogen-bond acceptors (Lipinski definition) is 12. The van der Waals surface area contributed by atoms with Gasteiger partial charge in [0, 0.05) is 29.5 Å². The molecule has 28 heteroatoms. The van der Waals surface area contributed by atoms with E-state index in [-0.39, 0.29) is 46.9 Å². The Hall–Kier alpha value is -5.57. The molecule has 14 nitrogen and oxygen atoms in total. The predicted octanol–water partition coefficient (Wildman–Crippen LogP) is 7.71. The maximum Gasteiger partial charge on any atom is 0.496 e. The van der Waals surface area contributed by atoms with Crippen LogP contribution in [0.15, 0.2) is 60.9 Å². The number of pyridine rings is 2. The van der Waals surface area contributed by atoms with Crippen LogP contribution in [0.4, 0.5) is 52.7 Å². The van der Waals surface area contributed by atoms with Gasteiger partial charge in [0.15, 0.2) is 24.5 Å². The van der Waals surface area contributed by atoms with Gasteiger partial charge in [-0.15, -0.1) is 20.4 Å². The predicted molar refractivity (Wildman–Crippen MR) is 189 cm³/mol. The third-order valence-corrected chi connectivity index (χ3v) is 8.29. The van der Waals surface area contributed by atoms with Gasteiger partial charge in [-0.05, 0) is 64.1 Å². The van der Waals surface area contributed by atoms with E-state index >= 15 is 0 Å². The van der Waals surface area contributed by atoms with Crippen molar-refractivity contribution in [3.63, 3.8) is 0 Å². The molecule has 1 saturated heterocycles. The molecule has 0 amide bonds. The number of ether oxygens (including phenoxy) is 2. The molecular formula is C33H29BClF12N10O4-. The van der Waals surface area contributed by atoms with Gasteiger partial charge < -0.3 is 26.2 Å². The molecule has 0 N–H and O–H groups in total. The van der Waals surface area contributed by atoms with Crippen LogP contribution >= 0.6 is 11.6 Å². The normalized spacial score (nSPS) is 15.1. The van der Waals surface area contributed by atoms with Gasteiger partial charge in [0.1, 0.15) is 5.15 Å². The second-order valence-corrected chi connectivity index (χ2v) is 13.6. The Morgan fingerprint density at radius 2 is 1.07 bits per heavy atom. The molecule has 0 unspecified atom stereocenters. The molecule has 0 atom stereocenters. The quantitative estimate of drug-likeness (QED) is 0.0916. The molecule has 6 aromatic heterocycles. The van der Waals surface area contributed by atoms with Crippen molar-refractivity contribution in [2.24, 2.45) is 0 Å². The van der Waals surface area contributed by atoms with E-state index in [1.807, 2.05) is 27.7 Å². The molecule has 0 radical (unpaired) electrons. The summed E-state index contributed by atoms with van der Waals surface area (Å²) in [6.07, 6.45) is -15.7. The first kappa shape index (κ1) is 48.1. The largest absolute Gasteiger partial charge is 0.496 e. The summed E-state index contributed by atoms with van der Waals surface area (Å²) in [5.74, 6) is -2.84. The third-order valence-electron chi connectivity index (χ3n) is 8.08. The fourth-order valence-electron chi connectivity index (χ4n) is 4.59. The van der Waals surface area contributed by atoms with Crippen molar-refractivity contribution in [3.8, 4) is 23.0 Å². The maximum absolute atomic E-state index is 12.8. The molecule has 0 aliphatic carbocycles. The van der Waals surface area contributed by atoms with Gasteiger partial charge in [-0.2, -0.15) is 71.9 Å². The van der Waals surface area contributed by atoms with E-state index in [9.17, 15) is 52.7 Å². The monoisotopic (exact) mass is 903 g/mol. The molecule has 1 fully saturated rings. The minimum absolute atomic E-state index is 0. The second-order valence-electron chi connectivity index (χ2n) is 13.2. The standard InChI is InChI=1S/C13H17BF3NO3.C13H7F6N5O.C6H2ClF3N4.CH3/c1-11(2)12(3,4)21-14(20-11)9-5-6-10(18-7-9)19-8-13(15,16)17;14-12(15,16)6-25-10-4-1-7(5-20-10)8-2-3-9-21-22-11(13(17,18)19)24(9)23-8;7-3-1-2-4-11-12-5(6(8,9)10)14(4)13-3;/h5-7H,8H2,1-4H3;1-5H,6H2;1-2H;1H3/q;;;-1. The van der Waals surface area contributed by atoms with Crippen molar-refractivity contribution < 1.29 is 71.5 Å². The average molecular weight is 904 g/mol. The summed E-state index contributed by atoms with van der Waals surface area (Å²) in [5.41, 5.74) is -0.0497. The summed E-state index contributed by atoms with van der Waals surface area (Å²) < 4.78 is 169. The van der Waals surface area contributed by atoms with Gasteiger partial charge in [0.05, 0.1) is 16.9 Å². The topological polar surface area (TPSA) is 149 Å². The first-order valence-corrected chi connectivity index (χ1v) is 16.9. The highest BCUT2D eigenvalue weighted by Gasteiger charge is 2.52. The molecule has 6 aromatic rings. The lowest BCUT2D eigenvalue weighted by Gasteiger charge is -2.32. The number of alkyl halides is 12. The Balaban J connectivity index is 0.000000207. The Bertz CT molecular complexity index is 2370. The molecule has 330 valence electrons. The minimum Gasteiger partial charge on any atom is -0.468 e. The number of halogens is 13. The van der Waals surface area contributed by atoms with Crippen molar-refractivity contribution in [1.82, 2.24) is 49.6 Å². The average Bonchev–Trinajstić information content (AvgIpc) is 3.83. The van der Waals surface area contributed by atoms with Crippen molar-refractivity contribution in [2.75, 3.05) is 13.2 Å². The first-order chi connectivity index (χ1) is 27.6. The second kappa shape index (κ2) is 17.8. The molecule has 7 rings (SSSR count). The van der Waals surface area contributed by atoms with Crippen molar-refractivity contribution in [2.45, 2.75) is 63.6 Å². The smallest absolute Gasteiger partial charge is 0.468 e. The number of fused-ring (bicyclic) bond motifs is 2. The summed E-state index contributed by atoms with van der Waals surface area (Å²) >= 11 is 5.44. The Morgan fingerprint density at radius 1 is 0.607 bits per heavy atom. The molecule has 7 heterocycles. The fourth-order valence-corrected chi connectivity index (χ4v) is 4.73. The minimum atomic E-state index is -4.74. The zero-order valence-corrected chi connectivity index (χ0v) is 32.5. The highest BCUT2D eigenvalue weighted by atomic mass is 35.5. The molecule has 0 bridgehead atoms. The molecule has 1 aliphatic rings. The van der Waals surface area contributed by atoms with Gasteiger partial charge in [-0.3, -0.25) is 0 Å². The fraction of sp³-hybridized carbons (Fsp3) is 0.364. The van der Waals surface area contributed by atoms with Crippen LogP contribution in [0.3, 0.4) is 0 Å². The molecule has 1 aliphatic heterocycles. The van der Waals surface area contributed by atoms with E-state index in [1.54, 1.807) is 6.07 Å². The van der Waals surface area contributed by atoms with E-state index < -0.39 is 67.9 Å². The summed E-state index contributed by atoms with van der Waals surface area (Å²) in [4.78, 5) is 7.51. The van der Waals surface area contributed by atoms with E-state index in [0.717, 1.165) is 12.3 Å². The number of nitrogens with zero attached hydrogens (tertiary/aromatic N) is 10. The first-order valence-electron chi connectivity index (χ1n) is 16.5. The summed E-state index contributed by atoms with van der Waals surface area (Å²) in [6, 6.07) is 10.7. The number of rotatable bonds is 6. The van der Waals surface area contributed by atoms with E-state index in [4.69, 9.17) is 20.9 Å². The number of aromatic nitrogens is 10. The molecule has 61 heavy (non-hydrogen) atoms. The lowest BCUT2D eigenvalue weighted by Crippen LogP contribution is -2.41. The van der Waals surface area contributed by atoms with E-state index in [1.165, 1.54) is 42.6 Å². The highest BCUT2D eigenvalue weighted by Crippen LogP contribution is 2.36. The zero-order chi connectivity index (χ0) is 44.5. The van der Waals surface area contributed by atoms with Crippen LogP contribution in [-0.2, 0) is 21.7 Å². The summed E-state index contributed by atoms with van der Waals surface area (Å²) in [6.45, 7) is 4.81. The Morgan fingerprint density at radius 3 is 1.49 bits per heavy atom. The van der Waals surface area contributed by atoms with Crippen molar-refractivity contribution in [1.29, 1.82) is 0 Å². The SMILES string of the molecule is CC1(C)OB(c2ccc(OCC(F)(F)F)nc2)OC1(C)C.FC(F)(F)COc1ccc(-c2ccc3nnc(C(F)(F)F)n3n2)cn1.FC(F)(F)c1nnc2ccc(Cl)nn12.[CH3-]. The number of hydrogen-bond donors (Lipinski definition) is 0. The van der Waals surface area contributed by atoms with E-state index in [0.29, 0.717) is 14.5 Å². The van der Waals surface area contributed by atoms with Gasteiger partial charge >= 0.3 is 31.8 Å². The Kier molecular flexibility index (Phi) is 14.0. The maximum atomic E-state index is 12.8. The van der Waals surface area contributed by atoms with Crippen LogP contribution in [0.25, 0.3) is 22.6 Å². The molecule has 0 aromatic carbocycles. The van der Waals surface area contributed by atoms with Gasteiger partial charge in [0.25, 0.3) is 11.6 Å². The lowest BCUT2D eigenvalue weighted by atomic mass is 9.80. The van der Waals surface area contributed by atoms with Crippen LogP contribution in [0.2, 0.25) is 5.15 Å². The van der Waals surface area contributed by atoms with Crippen LogP contribution in [-0.4, -0.2) is 93.5 Å². The zero-order valence-electron chi connectivity index (χ0n) is 31.8. The molecule has 0 saturated carbocycles. The van der Waals surface area contributed by atoms with Crippen LogP contribution in [0.5, 0.6) is 11.8 Å². The van der Waals surface area contributed by atoms with Gasteiger partial charge in [0.2, 0.25) is 11.8 Å².